The van der Waals surface area contributed by atoms with Gasteiger partial charge in [0.2, 0.25) is 5.91 Å². The van der Waals surface area contributed by atoms with E-state index in [2.05, 4.69) is 0 Å². The smallest absolute Gasteiger partial charge is 0.232 e. The van der Waals surface area contributed by atoms with Crippen molar-refractivity contribution < 1.29 is 18.4 Å². The summed E-state index contributed by atoms with van der Waals surface area (Å²) in [7, 11) is 0. The first-order valence-electron chi connectivity index (χ1n) is 10.0. The Labute approximate surface area is 173 Å². The van der Waals surface area contributed by atoms with Crippen LogP contribution in [0.25, 0.3) is 0 Å². The van der Waals surface area contributed by atoms with Gasteiger partial charge in [0.1, 0.15) is 11.6 Å². The van der Waals surface area contributed by atoms with E-state index in [0.29, 0.717) is 35.6 Å². The fourth-order valence-electron chi connectivity index (χ4n) is 4.62. The van der Waals surface area contributed by atoms with Gasteiger partial charge in [-0.25, -0.2) is 4.39 Å². The van der Waals surface area contributed by atoms with Crippen molar-refractivity contribution >= 4 is 17.4 Å². The molecule has 0 fully saturated rings. The van der Waals surface area contributed by atoms with Crippen molar-refractivity contribution in [2.75, 3.05) is 4.90 Å². The zero-order chi connectivity index (χ0) is 20.7. The Morgan fingerprint density at radius 2 is 1.63 bits per heavy atom. The van der Waals surface area contributed by atoms with Crippen LogP contribution in [-0.2, 0) is 9.59 Å². The second kappa shape index (κ2) is 7.41. The number of Topliss-reactive ketones (excluding diaryl/α,β-unsaturated/α-hetero) is 1. The number of halogens is 1. The average Bonchev–Trinajstić information content (AvgIpc) is 3.29. The molecular formula is C25H20FNO3. The number of amides is 1. The maximum absolute atomic E-state index is 13.5. The number of benzene rings is 2. The van der Waals surface area contributed by atoms with Gasteiger partial charge in [-0.15, -0.1) is 0 Å². The number of nitrogens with zero attached hydrogens (tertiary/aromatic N) is 1. The van der Waals surface area contributed by atoms with Crippen molar-refractivity contribution in [1.29, 1.82) is 0 Å². The molecule has 0 radical (unpaired) electrons. The van der Waals surface area contributed by atoms with Gasteiger partial charge in [-0.3, -0.25) is 14.5 Å². The summed E-state index contributed by atoms with van der Waals surface area (Å²) in [5.41, 5.74) is 2.99. The molecule has 1 aliphatic heterocycles. The molecule has 150 valence electrons. The molecule has 0 bridgehead atoms. The number of furan rings is 1. The quantitative estimate of drug-likeness (QED) is 0.595. The Kier molecular flexibility index (Phi) is 4.58. The molecule has 2 heterocycles. The third-order valence-electron chi connectivity index (χ3n) is 5.97. The van der Waals surface area contributed by atoms with Crippen LogP contribution >= 0.6 is 0 Å². The Morgan fingerprint density at radius 3 is 2.33 bits per heavy atom. The predicted octanol–water partition coefficient (Wildman–Crippen LogP) is 5.34. The van der Waals surface area contributed by atoms with E-state index in [0.717, 1.165) is 5.56 Å². The topological polar surface area (TPSA) is 50.5 Å². The number of ketones is 1. The summed E-state index contributed by atoms with van der Waals surface area (Å²) in [6, 6.07) is 19.3. The normalized spacial score (nSPS) is 21.7. The number of carbonyl (C=O) groups excluding carboxylic acids is 2. The van der Waals surface area contributed by atoms with E-state index < -0.39 is 0 Å². The van der Waals surface area contributed by atoms with E-state index in [1.807, 2.05) is 36.4 Å². The van der Waals surface area contributed by atoms with Crippen molar-refractivity contribution in [2.24, 2.45) is 0 Å². The number of hydrogen-bond donors (Lipinski definition) is 0. The first-order valence-corrected chi connectivity index (χ1v) is 10.0. The van der Waals surface area contributed by atoms with Gasteiger partial charge >= 0.3 is 0 Å². The highest BCUT2D eigenvalue weighted by molar-refractivity contribution is 6.07. The SMILES string of the molecule is O=C1CC(c2ccccc2)CC2=C1C(c1ccco1)CC(=O)N2c1ccc(F)cc1. The highest BCUT2D eigenvalue weighted by atomic mass is 19.1. The molecule has 4 nitrogen and oxygen atoms in total. The molecule has 1 amide bonds. The summed E-state index contributed by atoms with van der Waals surface area (Å²) in [5.74, 6) is -0.227. The fourth-order valence-corrected chi connectivity index (χ4v) is 4.62. The summed E-state index contributed by atoms with van der Waals surface area (Å²) in [4.78, 5) is 28.2. The molecular weight excluding hydrogens is 381 g/mol. The molecule has 0 saturated carbocycles. The van der Waals surface area contributed by atoms with Gasteiger partial charge in [0.05, 0.1) is 12.2 Å². The summed E-state index contributed by atoms with van der Waals surface area (Å²) in [6.07, 6.45) is 2.66. The second-order valence-corrected chi connectivity index (χ2v) is 7.78. The van der Waals surface area contributed by atoms with Crippen LogP contribution < -0.4 is 4.90 Å². The summed E-state index contributed by atoms with van der Waals surface area (Å²) in [6.45, 7) is 0. The molecule has 2 atom stereocenters. The molecule has 1 aliphatic carbocycles. The molecule has 0 saturated heterocycles. The van der Waals surface area contributed by atoms with Crippen LogP contribution in [0.4, 0.5) is 10.1 Å². The highest BCUT2D eigenvalue weighted by Gasteiger charge is 2.43. The Hall–Kier alpha value is -3.47. The van der Waals surface area contributed by atoms with E-state index in [9.17, 15) is 14.0 Å². The Balaban J connectivity index is 1.64. The molecule has 0 N–H and O–H groups in total. The average molecular weight is 401 g/mol. The van der Waals surface area contributed by atoms with Crippen molar-refractivity contribution in [3.8, 4) is 0 Å². The predicted molar refractivity (Wildman–Crippen MR) is 110 cm³/mol. The lowest BCUT2D eigenvalue weighted by Gasteiger charge is -2.39. The van der Waals surface area contributed by atoms with Crippen LogP contribution in [0.3, 0.4) is 0 Å². The maximum atomic E-state index is 13.5. The number of hydrogen-bond acceptors (Lipinski definition) is 3. The van der Waals surface area contributed by atoms with Gasteiger partial charge < -0.3 is 4.42 Å². The van der Waals surface area contributed by atoms with Crippen LogP contribution in [0.5, 0.6) is 0 Å². The molecule has 5 rings (SSSR count). The molecule has 2 aliphatic rings. The largest absolute Gasteiger partial charge is 0.469 e. The van der Waals surface area contributed by atoms with Gasteiger partial charge in [0.15, 0.2) is 5.78 Å². The number of anilines is 1. The number of rotatable bonds is 3. The lowest BCUT2D eigenvalue weighted by molar-refractivity contribution is -0.120. The minimum Gasteiger partial charge on any atom is -0.469 e. The van der Waals surface area contributed by atoms with Crippen LogP contribution in [-0.4, -0.2) is 11.7 Å². The van der Waals surface area contributed by atoms with Gasteiger partial charge in [-0.05, 0) is 54.3 Å². The third kappa shape index (κ3) is 3.16. The fraction of sp³-hybridized carbons (Fsp3) is 0.200. The van der Waals surface area contributed by atoms with Gasteiger partial charge in [-0.1, -0.05) is 30.3 Å². The second-order valence-electron chi connectivity index (χ2n) is 7.78. The first kappa shape index (κ1) is 18.6. The minimum absolute atomic E-state index is 0.0106. The Bertz CT molecular complexity index is 1120. The van der Waals surface area contributed by atoms with Crippen LogP contribution in [0.2, 0.25) is 0 Å². The molecule has 2 unspecified atom stereocenters. The minimum atomic E-state index is -0.386. The van der Waals surface area contributed by atoms with E-state index in [1.165, 1.54) is 12.1 Å². The first-order chi connectivity index (χ1) is 14.6. The molecule has 1 aromatic heterocycles. The third-order valence-corrected chi connectivity index (χ3v) is 5.97. The molecule has 5 heteroatoms. The Morgan fingerprint density at radius 1 is 0.867 bits per heavy atom. The highest BCUT2D eigenvalue weighted by Crippen LogP contribution is 2.46. The molecule has 30 heavy (non-hydrogen) atoms. The van der Waals surface area contributed by atoms with E-state index in [4.69, 9.17) is 4.42 Å². The van der Waals surface area contributed by atoms with E-state index in [1.54, 1.807) is 29.4 Å². The zero-order valence-corrected chi connectivity index (χ0v) is 16.3. The van der Waals surface area contributed by atoms with Crippen LogP contribution in [0.1, 0.15) is 42.4 Å². The van der Waals surface area contributed by atoms with Gasteiger partial charge in [0, 0.05) is 29.8 Å². The molecule has 3 aromatic rings. The van der Waals surface area contributed by atoms with Gasteiger partial charge in [-0.2, -0.15) is 0 Å². The standard InChI is InChI=1S/C25H20FNO3/c26-18-8-10-19(11-9-18)27-21-13-17(16-5-2-1-3-6-16)14-22(28)25(21)20(15-24(27)29)23-7-4-12-30-23/h1-12,17,20H,13-15H2. The summed E-state index contributed by atoms with van der Waals surface area (Å²) in [5, 5.41) is 0. The van der Waals surface area contributed by atoms with Crippen molar-refractivity contribution in [1.82, 2.24) is 0 Å². The maximum Gasteiger partial charge on any atom is 0.232 e. The monoisotopic (exact) mass is 401 g/mol. The number of allylic oxidation sites excluding steroid dienone is 2. The van der Waals surface area contributed by atoms with Crippen LogP contribution in [0.15, 0.2) is 88.7 Å². The summed E-state index contributed by atoms with van der Waals surface area (Å²) < 4.78 is 19.1. The lowest BCUT2D eigenvalue weighted by atomic mass is 9.74. The van der Waals surface area contributed by atoms with Crippen molar-refractivity contribution in [2.45, 2.75) is 31.1 Å². The zero-order valence-electron chi connectivity index (χ0n) is 16.3. The molecule has 2 aromatic carbocycles. The van der Waals surface area contributed by atoms with E-state index in [-0.39, 0.29) is 35.8 Å². The van der Waals surface area contributed by atoms with Crippen molar-refractivity contribution in [3.63, 3.8) is 0 Å². The molecule has 0 spiro atoms. The lowest BCUT2D eigenvalue weighted by Crippen LogP contribution is -2.41. The van der Waals surface area contributed by atoms with Crippen LogP contribution in [0, 0.1) is 5.82 Å². The summed E-state index contributed by atoms with van der Waals surface area (Å²) >= 11 is 0. The van der Waals surface area contributed by atoms with Gasteiger partial charge in [0.25, 0.3) is 0 Å². The van der Waals surface area contributed by atoms with E-state index >= 15 is 0 Å². The number of carbonyl (C=O) groups is 2. The van der Waals surface area contributed by atoms with Crippen molar-refractivity contribution in [3.05, 3.63) is 101 Å².